The van der Waals surface area contributed by atoms with Gasteiger partial charge in [0.2, 0.25) is 5.89 Å². The summed E-state index contributed by atoms with van der Waals surface area (Å²) in [6, 6.07) is 0.350. The molecule has 2 aromatic heterocycles. The van der Waals surface area contributed by atoms with Crippen molar-refractivity contribution in [3.8, 4) is 0 Å². The van der Waals surface area contributed by atoms with E-state index in [4.69, 9.17) is 9.52 Å². The van der Waals surface area contributed by atoms with Crippen molar-refractivity contribution < 1.29 is 4.52 Å². The number of hydrogen-bond acceptors (Lipinski definition) is 6. The van der Waals surface area contributed by atoms with Crippen molar-refractivity contribution in [3.63, 3.8) is 0 Å². The molecule has 9 nitrogen and oxygen atoms in total. The Morgan fingerprint density at radius 3 is 2.90 bits per heavy atom. The van der Waals surface area contributed by atoms with Gasteiger partial charge in [0, 0.05) is 51.3 Å². The third kappa shape index (κ3) is 6.86. The van der Waals surface area contributed by atoms with Crippen LogP contribution in [0.3, 0.4) is 0 Å². The lowest BCUT2D eigenvalue weighted by Crippen LogP contribution is -2.51. The fraction of sp³-hybridized carbons (Fsp3) is 0.684. The second kappa shape index (κ2) is 11.4. The topological polar surface area (TPSA) is 96.4 Å². The molecule has 1 atom stereocenters. The number of aliphatic imine (C=N–C) groups is 1. The molecule has 10 heteroatoms. The van der Waals surface area contributed by atoms with Crippen LogP contribution in [0.25, 0.3) is 0 Å². The summed E-state index contributed by atoms with van der Waals surface area (Å²) in [4.78, 5) is 11.5. The number of halogens is 1. The van der Waals surface area contributed by atoms with Gasteiger partial charge in [0.1, 0.15) is 0 Å². The lowest BCUT2D eigenvalue weighted by Gasteiger charge is -2.34. The Morgan fingerprint density at radius 2 is 2.24 bits per heavy atom. The molecule has 1 aliphatic heterocycles. The van der Waals surface area contributed by atoms with E-state index >= 15 is 0 Å². The third-order valence-corrected chi connectivity index (χ3v) is 4.76. The molecular formula is C19H33IN8O. The van der Waals surface area contributed by atoms with Crippen LogP contribution in [0, 0.1) is 0 Å². The molecule has 1 fully saturated rings. The van der Waals surface area contributed by atoms with Crippen LogP contribution in [0.1, 0.15) is 51.2 Å². The van der Waals surface area contributed by atoms with Crippen molar-refractivity contribution in [1.29, 1.82) is 0 Å². The van der Waals surface area contributed by atoms with Crippen LogP contribution in [-0.4, -0.2) is 58.1 Å². The maximum atomic E-state index is 5.30. The average Bonchev–Trinajstić information content (AvgIpc) is 3.31. The summed E-state index contributed by atoms with van der Waals surface area (Å²) in [7, 11) is 1.95. The number of anilines is 1. The molecule has 0 aliphatic carbocycles. The van der Waals surface area contributed by atoms with Crippen molar-refractivity contribution in [3.05, 3.63) is 24.1 Å². The first-order valence-electron chi connectivity index (χ1n) is 10.2. The second-order valence-corrected chi connectivity index (χ2v) is 7.51. The SMILES string of the molecule is CCNC(=NCCc1nc(C(C)C)no1)NC1CCCN(c2cnn(C)c2)C1.I. The Morgan fingerprint density at radius 1 is 1.41 bits per heavy atom. The first-order valence-corrected chi connectivity index (χ1v) is 10.2. The molecule has 3 rings (SSSR count). The van der Waals surface area contributed by atoms with Gasteiger partial charge >= 0.3 is 0 Å². The number of hydrogen-bond donors (Lipinski definition) is 2. The van der Waals surface area contributed by atoms with Crippen molar-refractivity contribution >= 4 is 35.6 Å². The Kier molecular flexibility index (Phi) is 9.18. The zero-order valence-corrected chi connectivity index (χ0v) is 20.1. The Balaban J connectivity index is 0.00000300. The average molecular weight is 516 g/mol. The van der Waals surface area contributed by atoms with Crippen molar-refractivity contribution in [2.75, 3.05) is 31.1 Å². The molecule has 0 amide bonds. The van der Waals surface area contributed by atoms with E-state index in [-0.39, 0.29) is 29.9 Å². The molecule has 1 unspecified atom stereocenters. The molecule has 0 radical (unpaired) electrons. The number of rotatable bonds is 7. The minimum Gasteiger partial charge on any atom is -0.367 e. The van der Waals surface area contributed by atoms with Crippen LogP contribution in [0.2, 0.25) is 0 Å². The zero-order valence-electron chi connectivity index (χ0n) is 17.8. The summed E-state index contributed by atoms with van der Waals surface area (Å²) < 4.78 is 7.14. The fourth-order valence-corrected chi connectivity index (χ4v) is 3.28. The molecular weight excluding hydrogens is 483 g/mol. The van der Waals surface area contributed by atoms with Gasteiger partial charge in [-0.2, -0.15) is 10.1 Å². The summed E-state index contributed by atoms with van der Waals surface area (Å²) in [5.74, 6) is 2.50. The van der Waals surface area contributed by atoms with Gasteiger partial charge in [-0.05, 0) is 19.8 Å². The van der Waals surface area contributed by atoms with Crippen LogP contribution in [0.5, 0.6) is 0 Å². The standard InChI is InChI=1S/C19H32N8O.HI/c1-5-20-19(21-9-8-17-24-18(14(2)3)25-28-17)23-15-7-6-10-27(12-15)16-11-22-26(4)13-16;/h11,13-15H,5-10,12H2,1-4H3,(H2,20,21,23);1H. The third-order valence-electron chi connectivity index (χ3n) is 4.76. The highest BCUT2D eigenvalue weighted by Gasteiger charge is 2.21. The number of aromatic nitrogens is 4. The van der Waals surface area contributed by atoms with E-state index < -0.39 is 0 Å². The highest BCUT2D eigenvalue weighted by molar-refractivity contribution is 14.0. The summed E-state index contributed by atoms with van der Waals surface area (Å²) in [5, 5.41) is 15.2. The molecule has 1 saturated heterocycles. The molecule has 162 valence electrons. The first-order chi connectivity index (χ1) is 13.5. The van der Waals surface area contributed by atoms with Crippen LogP contribution < -0.4 is 15.5 Å². The second-order valence-electron chi connectivity index (χ2n) is 7.51. The highest BCUT2D eigenvalue weighted by atomic mass is 127. The van der Waals surface area contributed by atoms with Gasteiger partial charge in [-0.1, -0.05) is 19.0 Å². The first kappa shape index (κ1) is 23.4. The van der Waals surface area contributed by atoms with E-state index in [9.17, 15) is 0 Å². The molecule has 0 bridgehead atoms. The fourth-order valence-electron chi connectivity index (χ4n) is 3.28. The molecule has 29 heavy (non-hydrogen) atoms. The molecule has 0 saturated carbocycles. The highest BCUT2D eigenvalue weighted by Crippen LogP contribution is 2.19. The normalized spacial score (nSPS) is 17.3. The maximum absolute atomic E-state index is 5.30. The summed E-state index contributed by atoms with van der Waals surface area (Å²) in [6.45, 7) is 9.62. The smallest absolute Gasteiger partial charge is 0.228 e. The zero-order chi connectivity index (χ0) is 19.9. The van der Waals surface area contributed by atoms with Crippen LogP contribution in [0.15, 0.2) is 21.9 Å². The van der Waals surface area contributed by atoms with Crippen LogP contribution >= 0.6 is 24.0 Å². The number of piperidine rings is 1. The molecule has 2 aromatic rings. The van der Waals surface area contributed by atoms with Gasteiger partial charge in [0.25, 0.3) is 0 Å². The van der Waals surface area contributed by atoms with Gasteiger partial charge in [0.05, 0.1) is 18.4 Å². The lowest BCUT2D eigenvalue weighted by atomic mass is 10.1. The van der Waals surface area contributed by atoms with Gasteiger partial charge < -0.3 is 20.1 Å². The van der Waals surface area contributed by atoms with Gasteiger partial charge in [-0.15, -0.1) is 24.0 Å². The van der Waals surface area contributed by atoms with Gasteiger partial charge in [0.15, 0.2) is 11.8 Å². The van der Waals surface area contributed by atoms with Gasteiger partial charge in [-0.25, -0.2) is 0 Å². The van der Waals surface area contributed by atoms with E-state index in [0.717, 1.165) is 44.3 Å². The van der Waals surface area contributed by atoms with E-state index in [1.807, 2.05) is 17.9 Å². The summed E-state index contributed by atoms with van der Waals surface area (Å²) in [6.07, 6.45) is 6.91. The predicted octanol–water partition coefficient (Wildman–Crippen LogP) is 2.31. The number of aryl methyl sites for hydroxylation is 1. The number of nitrogens with zero attached hydrogens (tertiary/aromatic N) is 6. The minimum atomic E-state index is 0. The van der Waals surface area contributed by atoms with E-state index in [1.165, 1.54) is 5.69 Å². The maximum Gasteiger partial charge on any atom is 0.228 e. The van der Waals surface area contributed by atoms with Crippen molar-refractivity contribution in [2.45, 2.75) is 52.0 Å². The Labute approximate surface area is 189 Å². The van der Waals surface area contributed by atoms with E-state index in [2.05, 4.69) is 57.7 Å². The van der Waals surface area contributed by atoms with Gasteiger partial charge in [-0.3, -0.25) is 9.67 Å². The van der Waals surface area contributed by atoms with E-state index in [0.29, 0.717) is 24.9 Å². The minimum absolute atomic E-state index is 0. The van der Waals surface area contributed by atoms with Crippen molar-refractivity contribution in [1.82, 2.24) is 30.6 Å². The summed E-state index contributed by atoms with van der Waals surface area (Å²) >= 11 is 0. The lowest BCUT2D eigenvalue weighted by molar-refractivity contribution is 0.372. The molecule has 0 aromatic carbocycles. The number of nitrogens with one attached hydrogen (secondary N) is 2. The molecule has 2 N–H and O–H groups in total. The van der Waals surface area contributed by atoms with Crippen LogP contribution in [0.4, 0.5) is 5.69 Å². The molecule has 0 spiro atoms. The monoisotopic (exact) mass is 516 g/mol. The summed E-state index contributed by atoms with van der Waals surface area (Å²) in [5.41, 5.74) is 1.17. The Bertz CT molecular complexity index is 772. The predicted molar refractivity (Wildman–Crippen MR) is 125 cm³/mol. The number of guanidine groups is 1. The van der Waals surface area contributed by atoms with Crippen molar-refractivity contribution in [2.24, 2.45) is 12.0 Å². The molecule has 1 aliphatic rings. The molecule has 3 heterocycles. The van der Waals surface area contributed by atoms with E-state index in [1.54, 1.807) is 0 Å². The largest absolute Gasteiger partial charge is 0.367 e. The Hall–Kier alpha value is -1.85. The van der Waals surface area contributed by atoms with Crippen LogP contribution in [-0.2, 0) is 13.5 Å². The quantitative estimate of drug-likeness (QED) is 0.331.